The monoisotopic (exact) mass is 398 g/mol. The number of rotatable bonds is 4. The van der Waals surface area contributed by atoms with E-state index in [1.54, 1.807) is 0 Å². The third-order valence-electron chi connectivity index (χ3n) is 6.96. The van der Waals surface area contributed by atoms with Crippen molar-refractivity contribution in [1.29, 1.82) is 0 Å². The quantitative estimate of drug-likeness (QED) is 0.414. The Morgan fingerprint density at radius 2 is 2.07 bits per heavy atom. The number of nitrogens with one attached hydrogen (secondary N) is 2. The van der Waals surface area contributed by atoms with Crippen LogP contribution < -0.4 is 10.7 Å². The number of nitrogens with zero attached hydrogens (tertiary/aromatic N) is 2. The van der Waals surface area contributed by atoms with Gasteiger partial charge in [0, 0.05) is 36.7 Å². The number of aromatic nitrogens is 1. The predicted octanol–water partition coefficient (Wildman–Crippen LogP) is 2.68. The zero-order valence-corrected chi connectivity index (χ0v) is 17.3. The fourth-order valence-electron chi connectivity index (χ4n) is 6.13. The Labute approximate surface area is 167 Å². The van der Waals surface area contributed by atoms with Crippen molar-refractivity contribution < 1.29 is 9.90 Å². The summed E-state index contributed by atoms with van der Waals surface area (Å²) in [4.78, 5) is 15.9. The SMILES string of the molecule is CC(=O)NN=C(P)c1cnc2c(c1NC1[C@@H]3CC4C[C@H]1CC(O)(C4)C3)C=CC2. The minimum atomic E-state index is -0.434. The average Bonchev–Trinajstić information content (AvgIpc) is 3.10. The summed E-state index contributed by atoms with van der Waals surface area (Å²) in [6, 6.07) is 0.370. The molecule has 5 aliphatic rings. The van der Waals surface area contributed by atoms with Crippen LogP contribution >= 0.6 is 9.24 Å². The van der Waals surface area contributed by atoms with Crippen LogP contribution in [-0.2, 0) is 11.2 Å². The predicted molar refractivity (Wildman–Crippen MR) is 113 cm³/mol. The maximum atomic E-state index is 11.3. The molecule has 6 atom stereocenters. The number of aliphatic hydroxyl groups is 1. The van der Waals surface area contributed by atoms with E-state index in [-0.39, 0.29) is 5.91 Å². The lowest BCUT2D eigenvalue weighted by atomic mass is 9.52. The molecule has 7 heteroatoms. The molecule has 148 valence electrons. The molecule has 0 spiro atoms. The molecule has 1 aromatic heterocycles. The molecule has 1 aromatic rings. The van der Waals surface area contributed by atoms with Crippen LogP contribution in [0.3, 0.4) is 0 Å². The van der Waals surface area contributed by atoms with E-state index in [1.165, 1.54) is 19.8 Å². The maximum absolute atomic E-state index is 11.3. The Morgan fingerprint density at radius 3 is 2.75 bits per heavy atom. The summed E-state index contributed by atoms with van der Waals surface area (Å²) in [6.45, 7) is 1.45. The van der Waals surface area contributed by atoms with Gasteiger partial charge in [-0.05, 0) is 49.9 Å². The second-order valence-electron chi connectivity index (χ2n) is 9.04. The molecule has 1 amide bonds. The standard InChI is InChI=1S/C21H27N4O2P/c1-11(26)24-25-20(28)16-10-22-17-4-2-3-15(17)19(16)23-18-13-5-12-6-14(18)9-21(27,7-12)8-13/h2-3,10,12-14,18,27H,4-9,28H2,1H3,(H,22,23)(H,24,26)/t12?,13-,14+,18?,21?. The zero-order chi connectivity index (χ0) is 19.5. The fourth-order valence-corrected chi connectivity index (χ4v) is 6.41. The topological polar surface area (TPSA) is 86.6 Å². The van der Waals surface area contributed by atoms with Crippen LogP contribution in [0.5, 0.6) is 0 Å². The molecule has 0 radical (unpaired) electrons. The van der Waals surface area contributed by atoms with Gasteiger partial charge in [-0.3, -0.25) is 9.78 Å². The molecule has 3 N–H and O–H groups in total. The largest absolute Gasteiger partial charge is 0.390 e. The number of amides is 1. The van der Waals surface area contributed by atoms with Crippen LogP contribution in [-0.4, -0.2) is 33.1 Å². The number of anilines is 1. The summed E-state index contributed by atoms with van der Waals surface area (Å²) in [6.07, 6.45) is 12.2. The number of hydrazone groups is 1. The lowest BCUT2D eigenvalue weighted by Crippen LogP contribution is -2.59. The molecule has 0 aromatic carbocycles. The Hall–Kier alpha value is -1.78. The highest BCUT2D eigenvalue weighted by Gasteiger charge is 2.54. The molecule has 1 heterocycles. The summed E-state index contributed by atoms with van der Waals surface area (Å²) in [7, 11) is 2.62. The Morgan fingerprint density at radius 1 is 1.32 bits per heavy atom. The summed E-state index contributed by atoms with van der Waals surface area (Å²) < 4.78 is 0. The molecular weight excluding hydrogens is 371 g/mol. The summed E-state index contributed by atoms with van der Waals surface area (Å²) in [5.41, 5.74) is 6.91. The van der Waals surface area contributed by atoms with Gasteiger partial charge in [0.15, 0.2) is 0 Å². The number of pyridine rings is 1. The van der Waals surface area contributed by atoms with Crippen molar-refractivity contribution in [3.8, 4) is 0 Å². The number of fused-ring (bicyclic) bond motifs is 1. The van der Waals surface area contributed by atoms with Gasteiger partial charge in [0.25, 0.3) is 0 Å². The number of hydrogen-bond acceptors (Lipinski definition) is 5. The lowest BCUT2D eigenvalue weighted by Gasteiger charge is -2.58. The van der Waals surface area contributed by atoms with Gasteiger partial charge in [0.05, 0.1) is 22.4 Å². The van der Waals surface area contributed by atoms with Gasteiger partial charge < -0.3 is 10.4 Å². The third-order valence-corrected chi connectivity index (χ3v) is 7.40. The summed E-state index contributed by atoms with van der Waals surface area (Å²) >= 11 is 0. The summed E-state index contributed by atoms with van der Waals surface area (Å²) in [5.74, 6) is 1.51. The molecule has 5 aliphatic carbocycles. The van der Waals surface area contributed by atoms with E-state index in [0.29, 0.717) is 29.2 Å². The molecular formula is C21H27N4O2P. The third kappa shape index (κ3) is 3.07. The Balaban J connectivity index is 1.49. The first-order valence-corrected chi connectivity index (χ1v) is 10.8. The smallest absolute Gasteiger partial charge is 0.236 e. The maximum Gasteiger partial charge on any atom is 0.236 e. The summed E-state index contributed by atoms with van der Waals surface area (Å²) in [5, 5.41) is 19.0. The van der Waals surface area contributed by atoms with Crippen LogP contribution in [0.2, 0.25) is 0 Å². The highest BCUT2D eigenvalue weighted by molar-refractivity contribution is 7.42. The average molecular weight is 398 g/mol. The van der Waals surface area contributed by atoms with Gasteiger partial charge in [-0.15, -0.1) is 0 Å². The molecule has 6 nitrogen and oxygen atoms in total. The molecule has 4 saturated carbocycles. The van der Waals surface area contributed by atoms with Gasteiger partial charge in [-0.2, -0.15) is 5.10 Å². The molecule has 0 saturated heterocycles. The molecule has 4 unspecified atom stereocenters. The van der Waals surface area contributed by atoms with E-state index in [4.69, 9.17) is 0 Å². The highest BCUT2D eigenvalue weighted by Crippen LogP contribution is 2.56. The lowest BCUT2D eigenvalue weighted by molar-refractivity contribution is -0.129. The zero-order valence-electron chi connectivity index (χ0n) is 16.1. The molecule has 0 aliphatic heterocycles. The normalized spacial score (nSPS) is 35.2. The van der Waals surface area contributed by atoms with Crippen molar-refractivity contribution in [1.82, 2.24) is 10.4 Å². The van der Waals surface area contributed by atoms with Crippen LogP contribution in [0.25, 0.3) is 6.08 Å². The van der Waals surface area contributed by atoms with Crippen molar-refractivity contribution in [2.45, 2.75) is 57.1 Å². The van der Waals surface area contributed by atoms with Gasteiger partial charge in [-0.25, -0.2) is 5.43 Å². The molecule has 6 rings (SSSR count). The van der Waals surface area contributed by atoms with E-state index in [0.717, 1.165) is 48.2 Å². The Kier molecular flexibility index (Phi) is 4.33. The van der Waals surface area contributed by atoms with Gasteiger partial charge in [0.1, 0.15) is 0 Å². The number of hydrogen-bond donors (Lipinski definition) is 3. The minimum absolute atomic E-state index is 0.197. The van der Waals surface area contributed by atoms with Crippen molar-refractivity contribution in [3.63, 3.8) is 0 Å². The molecule has 28 heavy (non-hydrogen) atoms. The highest BCUT2D eigenvalue weighted by atomic mass is 31.0. The van der Waals surface area contributed by atoms with Crippen molar-refractivity contribution in [2.24, 2.45) is 22.9 Å². The van der Waals surface area contributed by atoms with E-state index < -0.39 is 5.60 Å². The molecule has 4 bridgehead atoms. The van der Waals surface area contributed by atoms with Crippen molar-refractivity contribution >= 4 is 32.4 Å². The number of allylic oxidation sites excluding steroid dienone is 1. The van der Waals surface area contributed by atoms with Crippen LogP contribution in [0.15, 0.2) is 17.4 Å². The van der Waals surface area contributed by atoms with Crippen LogP contribution in [0.1, 0.15) is 55.8 Å². The van der Waals surface area contributed by atoms with E-state index in [9.17, 15) is 9.90 Å². The Bertz CT molecular complexity index is 881. The number of carbonyl (C=O) groups is 1. The first-order chi connectivity index (χ1) is 13.4. The van der Waals surface area contributed by atoms with E-state index in [2.05, 4.69) is 42.2 Å². The van der Waals surface area contributed by atoms with Gasteiger partial charge in [0.2, 0.25) is 5.91 Å². The van der Waals surface area contributed by atoms with Gasteiger partial charge >= 0.3 is 0 Å². The van der Waals surface area contributed by atoms with Crippen molar-refractivity contribution in [3.05, 3.63) is 29.1 Å². The van der Waals surface area contributed by atoms with Gasteiger partial charge in [-0.1, -0.05) is 21.4 Å². The van der Waals surface area contributed by atoms with E-state index in [1.807, 2.05) is 6.20 Å². The van der Waals surface area contributed by atoms with Crippen molar-refractivity contribution in [2.75, 3.05) is 5.32 Å². The second kappa shape index (κ2) is 6.64. The molecule has 4 fully saturated rings. The number of carbonyl (C=O) groups excluding carboxylic acids is 1. The van der Waals surface area contributed by atoms with Crippen LogP contribution in [0.4, 0.5) is 5.69 Å². The second-order valence-corrected chi connectivity index (χ2v) is 9.59. The minimum Gasteiger partial charge on any atom is -0.390 e. The first-order valence-electron chi connectivity index (χ1n) is 10.2. The van der Waals surface area contributed by atoms with E-state index >= 15 is 0 Å². The van der Waals surface area contributed by atoms with Crippen LogP contribution in [0, 0.1) is 17.8 Å². The fraction of sp³-hybridized carbons (Fsp3) is 0.571. The first kappa shape index (κ1) is 18.3.